The van der Waals surface area contributed by atoms with Gasteiger partial charge in [-0.15, -0.1) is 0 Å². The van der Waals surface area contributed by atoms with E-state index in [1.54, 1.807) is 41.0 Å². The van der Waals surface area contributed by atoms with Crippen molar-refractivity contribution in [3.05, 3.63) is 105 Å². The molecule has 5 rings (SSSR count). The van der Waals surface area contributed by atoms with Gasteiger partial charge in [-0.25, -0.2) is 14.2 Å². The maximum atomic E-state index is 13.5. The molecule has 3 aromatic carbocycles. The lowest BCUT2D eigenvalue weighted by atomic mass is 10.1. The first-order valence-corrected chi connectivity index (χ1v) is 12.8. The Morgan fingerprint density at radius 1 is 0.975 bits per heavy atom. The summed E-state index contributed by atoms with van der Waals surface area (Å²) in [6.45, 7) is 0.404. The van der Waals surface area contributed by atoms with E-state index >= 15 is 0 Å². The van der Waals surface area contributed by atoms with Crippen LogP contribution in [0.2, 0.25) is 5.02 Å². The van der Waals surface area contributed by atoms with E-state index in [4.69, 9.17) is 11.6 Å². The third-order valence-corrected chi connectivity index (χ3v) is 6.68. The molecule has 0 unspecified atom stereocenters. The molecule has 5 aromatic rings. The van der Waals surface area contributed by atoms with Gasteiger partial charge >= 0.3 is 12.2 Å². The highest BCUT2D eigenvalue weighted by Gasteiger charge is 2.34. The van der Waals surface area contributed by atoms with Gasteiger partial charge < -0.3 is 16.0 Å². The van der Waals surface area contributed by atoms with Gasteiger partial charge in [0.25, 0.3) is 0 Å². The smallest absolute Gasteiger partial charge is 0.366 e. The van der Waals surface area contributed by atoms with Crippen LogP contribution in [-0.2, 0) is 12.7 Å². The van der Waals surface area contributed by atoms with Crippen molar-refractivity contribution in [2.45, 2.75) is 12.7 Å². The average molecular weight is 634 g/mol. The Morgan fingerprint density at radius 3 is 2.40 bits per heavy atom. The lowest BCUT2D eigenvalue weighted by Gasteiger charge is -2.13. The summed E-state index contributed by atoms with van der Waals surface area (Å²) in [5.41, 5.74) is 1.65. The molecule has 0 bridgehead atoms. The highest BCUT2D eigenvalue weighted by atomic mass is 79.9. The monoisotopic (exact) mass is 632 g/mol. The number of benzene rings is 3. The Kier molecular flexibility index (Phi) is 7.63. The summed E-state index contributed by atoms with van der Waals surface area (Å²) in [4.78, 5) is 17.0. The standard InChI is InChI=1S/C27H18BrClF4N6O/c28-20-14-35-39-24(12-23(38-25(20)39)18-3-1-2-4-21(18)29)34-13-15-5-7-16(8-6-15)36-26(40)37-17-9-10-22(30)19(11-17)27(31,32)33/h1-12,14,34H,13H2,(H2,36,37,40). The Labute approximate surface area is 238 Å². The zero-order valence-electron chi connectivity index (χ0n) is 20.2. The van der Waals surface area contributed by atoms with E-state index in [-0.39, 0.29) is 5.69 Å². The fourth-order valence-electron chi connectivity index (χ4n) is 3.88. The molecule has 13 heteroatoms. The number of carbonyl (C=O) groups excluding carboxylic acids is 1. The molecule has 40 heavy (non-hydrogen) atoms. The lowest BCUT2D eigenvalue weighted by molar-refractivity contribution is -0.139. The third kappa shape index (κ3) is 6.02. The first kappa shape index (κ1) is 27.4. The van der Waals surface area contributed by atoms with Crippen LogP contribution in [0.4, 0.5) is 39.5 Å². The minimum atomic E-state index is -4.88. The van der Waals surface area contributed by atoms with E-state index in [0.29, 0.717) is 51.0 Å². The second kappa shape index (κ2) is 11.1. The number of carbonyl (C=O) groups is 1. The zero-order chi connectivity index (χ0) is 28.4. The molecule has 2 heterocycles. The van der Waals surface area contributed by atoms with Crippen LogP contribution in [0.15, 0.2) is 83.5 Å². The third-order valence-electron chi connectivity index (χ3n) is 5.79. The zero-order valence-corrected chi connectivity index (χ0v) is 22.6. The van der Waals surface area contributed by atoms with Crippen molar-refractivity contribution in [3.63, 3.8) is 0 Å². The van der Waals surface area contributed by atoms with Crippen LogP contribution in [0.3, 0.4) is 0 Å². The van der Waals surface area contributed by atoms with Crippen molar-refractivity contribution in [2.24, 2.45) is 0 Å². The number of halogens is 6. The van der Waals surface area contributed by atoms with E-state index in [0.717, 1.165) is 17.2 Å². The number of alkyl halides is 3. The van der Waals surface area contributed by atoms with Gasteiger partial charge in [-0.05, 0) is 57.9 Å². The van der Waals surface area contributed by atoms with Crippen molar-refractivity contribution >= 4 is 56.4 Å². The van der Waals surface area contributed by atoms with Crippen LogP contribution < -0.4 is 16.0 Å². The number of nitrogens with zero attached hydrogens (tertiary/aromatic N) is 3. The SMILES string of the molecule is O=C(Nc1ccc(CNc2cc(-c3ccccc3Cl)nc3c(Br)cnn23)cc1)Nc1ccc(F)c(C(F)(F)F)c1. The summed E-state index contributed by atoms with van der Waals surface area (Å²) in [5.74, 6) is -0.750. The Morgan fingerprint density at radius 2 is 1.68 bits per heavy atom. The molecular formula is C27H18BrClF4N6O. The van der Waals surface area contributed by atoms with Gasteiger partial charge in [0.15, 0.2) is 5.65 Å². The van der Waals surface area contributed by atoms with Crippen LogP contribution in [0, 0.1) is 5.82 Å². The number of urea groups is 1. The number of rotatable bonds is 6. The summed E-state index contributed by atoms with van der Waals surface area (Å²) in [6.07, 6.45) is -3.24. The highest BCUT2D eigenvalue weighted by Crippen LogP contribution is 2.33. The van der Waals surface area contributed by atoms with Crippen LogP contribution in [0.1, 0.15) is 11.1 Å². The number of nitrogens with one attached hydrogen (secondary N) is 3. The van der Waals surface area contributed by atoms with E-state index in [1.165, 1.54) is 0 Å². The average Bonchev–Trinajstić information content (AvgIpc) is 3.29. The molecule has 0 aliphatic heterocycles. The Hall–Kier alpha value is -4.16. The first-order chi connectivity index (χ1) is 19.1. The fourth-order valence-corrected chi connectivity index (χ4v) is 4.46. The maximum absolute atomic E-state index is 13.5. The highest BCUT2D eigenvalue weighted by molar-refractivity contribution is 9.10. The van der Waals surface area contributed by atoms with Crippen LogP contribution in [0.25, 0.3) is 16.9 Å². The van der Waals surface area contributed by atoms with Crippen molar-refractivity contribution in [2.75, 3.05) is 16.0 Å². The number of hydrogen-bond donors (Lipinski definition) is 3. The van der Waals surface area contributed by atoms with Gasteiger partial charge in [-0.1, -0.05) is 41.9 Å². The van der Waals surface area contributed by atoms with Gasteiger partial charge in [0.1, 0.15) is 11.6 Å². The second-order valence-corrected chi connectivity index (χ2v) is 9.82. The summed E-state index contributed by atoms with van der Waals surface area (Å²) < 4.78 is 54.6. The summed E-state index contributed by atoms with van der Waals surface area (Å²) in [6, 6.07) is 17.5. The molecule has 0 saturated heterocycles. The van der Waals surface area contributed by atoms with E-state index < -0.39 is 23.6 Å². The Balaban J connectivity index is 1.27. The van der Waals surface area contributed by atoms with Crippen LogP contribution in [0.5, 0.6) is 0 Å². The predicted molar refractivity (Wildman–Crippen MR) is 149 cm³/mol. The molecule has 0 fully saturated rings. The van der Waals surface area contributed by atoms with Crippen molar-refractivity contribution in [1.29, 1.82) is 0 Å². The fraction of sp³-hybridized carbons (Fsp3) is 0.0741. The normalized spacial score (nSPS) is 11.4. The molecule has 0 spiro atoms. The lowest BCUT2D eigenvalue weighted by Crippen LogP contribution is -2.20. The number of aromatic nitrogens is 3. The molecule has 0 radical (unpaired) electrons. The molecule has 7 nitrogen and oxygen atoms in total. The van der Waals surface area contributed by atoms with Crippen LogP contribution >= 0.6 is 27.5 Å². The van der Waals surface area contributed by atoms with Crippen molar-refractivity contribution < 1.29 is 22.4 Å². The summed E-state index contributed by atoms with van der Waals surface area (Å²) in [5, 5.41) is 13.1. The van der Waals surface area contributed by atoms with Crippen molar-refractivity contribution in [1.82, 2.24) is 14.6 Å². The molecule has 2 aromatic heterocycles. The van der Waals surface area contributed by atoms with Gasteiger partial charge in [0.05, 0.1) is 21.9 Å². The largest absolute Gasteiger partial charge is 0.419 e. The topological polar surface area (TPSA) is 83.3 Å². The predicted octanol–water partition coefficient (Wildman–Crippen LogP) is 8.23. The first-order valence-electron chi connectivity index (χ1n) is 11.7. The van der Waals surface area contributed by atoms with Gasteiger partial charge in [-0.3, -0.25) is 0 Å². The molecule has 0 saturated carbocycles. The van der Waals surface area contributed by atoms with E-state index in [2.05, 4.69) is 42.0 Å². The summed E-state index contributed by atoms with van der Waals surface area (Å²) >= 11 is 9.86. The van der Waals surface area contributed by atoms with E-state index in [1.807, 2.05) is 24.3 Å². The maximum Gasteiger partial charge on any atom is 0.419 e. The van der Waals surface area contributed by atoms with Gasteiger partial charge in [-0.2, -0.15) is 22.8 Å². The molecule has 0 atom stereocenters. The molecule has 2 amide bonds. The molecule has 0 aliphatic rings. The molecule has 204 valence electrons. The molecule has 3 N–H and O–H groups in total. The molecular weight excluding hydrogens is 616 g/mol. The number of anilines is 3. The van der Waals surface area contributed by atoms with Gasteiger partial charge in [0, 0.05) is 34.6 Å². The van der Waals surface area contributed by atoms with Crippen molar-refractivity contribution in [3.8, 4) is 11.3 Å². The van der Waals surface area contributed by atoms with Gasteiger partial charge in [0.2, 0.25) is 0 Å². The number of amides is 2. The quantitative estimate of drug-likeness (QED) is 0.165. The number of fused-ring (bicyclic) bond motifs is 1. The molecule has 0 aliphatic carbocycles. The minimum Gasteiger partial charge on any atom is -0.366 e. The second-order valence-electron chi connectivity index (χ2n) is 8.56. The minimum absolute atomic E-state index is 0.197. The van der Waals surface area contributed by atoms with E-state index in [9.17, 15) is 22.4 Å². The van der Waals surface area contributed by atoms with Crippen LogP contribution in [-0.4, -0.2) is 20.6 Å². The summed E-state index contributed by atoms with van der Waals surface area (Å²) in [7, 11) is 0. The Bertz CT molecular complexity index is 1710. The number of hydrogen-bond acceptors (Lipinski definition) is 4.